The summed E-state index contributed by atoms with van der Waals surface area (Å²) >= 11 is 0. The van der Waals surface area contributed by atoms with Crippen molar-refractivity contribution in [3.8, 4) is 0 Å². The molecule has 1 atom stereocenters. The molecule has 72 valence electrons. The molecule has 0 aromatic heterocycles. The number of hydrogen-bond donors (Lipinski definition) is 2. The summed E-state index contributed by atoms with van der Waals surface area (Å²) in [5.74, 6) is -0.180. The zero-order valence-electron chi connectivity index (χ0n) is 8.18. The van der Waals surface area contributed by atoms with Crippen molar-refractivity contribution in [3.05, 3.63) is 35.6 Å². The van der Waals surface area contributed by atoms with E-state index in [2.05, 4.69) is 19.8 Å². The third kappa shape index (κ3) is 2.50. The molecule has 2 nitrogen and oxygen atoms in total. The summed E-state index contributed by atoms with van der Waals surface area (Å²) in [6.45, 7) is 0.827. The van der Waals surface area contributed by atoms with E-state index in [1.807, 2.05) is 12.1 Å². The maximum Gasteiger partial charge on any atom is 0.162 e. The van der Waals surface area contributed by atoms with E-state index in [9.17, 15) is 4.39 Å². The fourth-order valence-corrected chi connectivity index (χ4v) is 1.48. The first-order valence-corrected chi connectivity index (χ1v) is 4.50. The van der Waals surface area contributed by atoms with Crippen molar-refractivity contribution >= 4 is 0 Å². The highest BCUT2D eigenvalue weighted by Crippen LogP contribution is 2.08. The Kier molecular flexibility index (Phi) is 3.39. The second-order valence-electron chi connectivity index (χ2n) is 3.47. The lowest BCUT2D eigenvalue weighted by atomic mass is 10.1. The van der Waals surface area contributed by atoms with Crippen LogP contribution in [0.4, 0.5) is 4.39 Å². The van der Waals surface area contributed by atoms with E-state index in [0.29, 0.717) is 6.04 Å². The molecule has 13 heavy (non-hydrogen) atoms. The molecular weight excluding hydrogens is 167 g/mol. The fraction of sp³-hybridized carbons (Fsp3) is 0.400. The number of nitrogens with one attached hydrogen (secondary N) is 1. The Labute approximate surface area is 78.2 Å². The van der Waals surface area contributed by atoms with Crippen LogP contribution in [0.3, 0.4) is 0 Å². The molecule has 0 aliphatic carbocycles. The molecule has 1 aromatic rings. The van der Waals surface area contributed by atoms with Crippen LogP contribution in [-0.4, -0.2) is 20.6 Å². The summed E-state index contributed by atoms with van der Waals surface area (Å²) in [6.07, 6.45) is 0. The monoisotopic (exact) mass is 184 g/mol. The highest BCUT2D eigenvalue weighted by atomic mass is 19.1. The average molecular weight is 184 g/mol. The minimum Gasteiger partial charge on any atom is -0.352 e. The molecule has 0 radical (unpaired) electrons. The zero-order valence-corrected chi connectivity index (χ0v) is 8.18. The van der Waals surface area contributed by atoms with Crippen LogP contribution in [0, 0.1) is 5.82 Å². The normalized spacial score (nSPS) is 13.3. The smallest absolute Gasteiger partial charge is 0.162 e. The van der Waals surface area contributed by atoms with Crippen LogP contribution >= 0.6 is 0 Å². The van der Waals surface area contributed by atoms with Crippen LogP contribution in [0.5, 0.6) is 0 Å². The van der Waals surface area contributed by atoms with Gasteiger partial charge in [0.05, 0.1) is 14.1 Å². The molecule has 3 heteroatoms. The first-order valence-electron chi connectivity index (χ1n) is 4.50. The third-order valence-corrected chi connectivity index (χ3v) is 2.26. The van der Waals surface area contributed by atoms with Gasteiger partial charge in [0.15, 0.2) is 6.04 Å². The molecule has 0 amide bonds. The second-order valence-corrected chi connectivity index (χ2v) is 3.47. The standard InChI is InChI=1S/C10H15FN2/c1-13(2)10(7-12)8-3-5-9(11)6-4-8/h3-6,10H,7,12H2,1-2H3/p+2/t10-/m0/s1. The molecule has 0 fully saturated rings. The maximum absolute atomic E-state index is 12.6. The molecule has 0 aliphatic heterocycles. The highest BCUT2D eigenvalue weighted by molar-refractivity contribution is 5.18. The Hall–Kier alpha value is -0.930. The van der Waals surface area contributed by atoms with E-state index < -0.39 is 0 Å². The largest absolute Gasteiger partial charge is 0.352 e. The number of quaternary nitrogens is 2. The van der Waals surface area contributed by atoms with Crippen LogP contribution in [0.15, 0.2) is 24.3 Å². The lowest BCUT2D eigenvalue weighted by molar-refractivity contribution is -0.899. The molecule has 0 bridgehead atoms. The van der Waals surface area contributed by atoms with E-state index >= 15 is 0 Å². The first-order chi connectivity index (χ1) is 6.15. The van der Waals surface area contributed by atoms with Crippen molar-refractivity contribution in [2.45, 2.75) is 6.04 Å². The lowest BCUT2D eigenvalue weighted by Crippen LogP contribution is -3.07. The van der Waals surface area contributed by atoms with Crippen LogP contribution in [-0.2, 0) is 0 Å². The summed E-state index contributed by atoms with van der Waals surface area (Å²) in [6, 6.07) is 7.03. The molecule has 1 aromatic carbocycles. The number of benzene rings is 1. The second kappa shape index (κ2) is 4.35. The van der Waals surface area contributed by atoms with Crippen molar-refractivity contribution in [2.24, 2.45) is 0 Å². The van der Waals surface area contributed by atoms with E-state index in [0.717, 1.165) is 12.1 Å². The van der Waals surface area contributed by atoms with Crippen molar-refractivity contribution in [1.82, 2.24) is 0 Å². The van der Waals surface area contributed by atoms with Crippen molar-refractivity contribution < 1.29 is 15.0 Å². The van der Waals surface area contributed by atoms with Gasteiger partial charge in [0.25, 0.3) is 0 Å². The van der Waals surface area contributed by atoms with Crippen molar-refractivity contribution in [3.63, 3.8) is 0 Å². The summed E-state index contributed by atoms with van der Waals surface area (Å²) in [4.78, 5) is 1.32. The highest BCUT2D eigenvalue weighted by Gasteiger charge is 2.17. The molecule has 0 saturated carbocycles. The summed E-state index contributed by atoms with van der Waals surface area (Å²) in [5, 5.41) is 0. The van der Waals surface area contributed by atoms with Gasteiger partial charge in [-0.1, -0.05) is 0 Å². The summed E-state index contributed by atoms with van der Waals surface area (Å²) < 4.78 is 12.6. The van der Waals surface area contributed by atoms with Crippen molar-refractivity contribution in [1.29, 1.82) is 0 Å². The molecule has 0 unspecified atom stereocenters. The number of rotatable bonds is 3. The van der Waals surface area contributed by atoms with Crippen LogP contribution in [0.25, 0.3) is 0 Å². The molecule has 0 saturated heterocycles. The first kappa shape index (κ1) is 10.2. The molecule has 0 aliphatic rings. The SMILES string of the molecule is C[NH+](C)[C@@H](C[NH3+])c1ccc(F)cc1. The predicted octanol–water partition coefficient (Wildman–Crippen LogP) is -0.747. The summed E-state index contributed by atoms with van der Waals surface area (Å²) in [7, 11) is 4.17. The minimum atomic E-state index is -0.180. The predicted molar refractivity (Wildman–Crippen MR) is 49.7 cm³/mol. The van der Waals surface area contributed by atoms with Gasteiger partial charge < -0.3 is 10.6 Å². The van der Waals surface area contributed by atoms with Gasteiger partial charge in [0.1, 0.15) is 12.4 Å². The van der Waals surface area contributed by atoms with Crippen LogP contribution in [0.1, 0.15) is 11.6 Å². The van der Waals surface area contributed by atoms with Gasteiger partial charge in [-0.25, -0.2) is 4.39 Å². The third-order valence-electron chi connectivity index (χ3n) is 2.26. The number of halogens is 1. The molecule has 4 N–H and O–H groups in total. The quantitative estimate of drug-likeness (QED) is 0.620. The molecule has 1 rings (SSSR count). The van der Waals surface area contributed by atoms with Crippen molar-refractivity contribution in [2.75, 3.05) is 20.6 Å². The van der Waals surface area contributed by atoms with E-state index in [4.69, 9.17) is 0 Å². The van der Waals surface area contributed by atoms with Crippen LogP contribution < -0.4 is 10.6 Å². The van der Waals surface area contributed by atoms with E-state index in [1.54, 1.807) is 0 Å². The Bertz CT molecular complexity index is 256. The Balaban J connectivity index is 2.86. The topological polar surface area (TPSA) is 32.1 Å². The van der Waals surface area contributed by atoms with Gasteiger partial charge in [-0.3, -0.25) is 0 Å². The number of hydrogen-bond acceptors (Lipinski definition) is 0. The zero-order chi connectivity index (χ0) is 9.84. The van der Waals surface area contributed by atoms with Crippen LogP contribution in [0.2, 0.25) is 0 Å². The Morgan fingerprint density at radius 3 is 2.23 bits per heavy atom. The number of likely N-dealkylation sites (N-methyl/N-ethyl adjacent to an activating group) is 1. The molecular formula is C10H17FN2+2. The van der Waals surface area contributed by atoms with Gasteiger partial charge >= 0.3 is 0 Å². The fourth-order valence-electron chi connectivity index (χ4n) is 1.48. The van der Waals surface area contributed by atoms with Gasteiger partial charge in [0, 0.05) is 5.56 Å². The van der Waals surface area contributed by atoms with Gasteiger partial charge in [-0.05, 0) is 24.3 Å². The Morgan fingerprint density at radius 2 is 1.85 bits per heavy atom. The molecule has 0 heterocycles. The van der Waals surface area contributed by atoms with Gasteiger partial charge in [-0.2, -0.15) is 0 Å². The van der Waals surface area contributed by atoms with Gasteiger partial charge in [0.2, 0.25) is 0 Å². The van der Waals surface area contributed by atoms with Gasteiger partial charge in [-0.15, -0.1) is 0 Å². The van der Waals surface area contributed by atoms with E-state index in [-0.39, 0.29) is 5.82 Å². The maximum atomic E-state index is 12.6. The average Bonchev–Trinajstić information content (AvgIpc) is 2.09. The molecule has 0 spiro atoms. The summed E-state index contributed by atoms with van der Waals surface area (Å²) in [5.41, 5.74) is 5.04. The minimum absolute atomic E-state index is 0.180. The van der Waals surface area contributed by atoms with E-state index in [1.165, 1.54) is 17.0 Å². The Morgan fingerprint density at radius 1 is 1.31 bits per heavy atom. The lowest BCUT2D eigenvalue weighted by Gasteiger charge is -2.17.